The van der Waals surface area contributed by atoms with Crippen molar-refractivity contribution in [2.45, 2.75) is 49.5 Å². The van der Waals surface area contributed by atoms with E-state index in [0.29, 0.717) is 0 Å². The maximum Gasteiger partial charge on any atom is 0.417 e. The number of aromatic amines is 1. The van der Waals surface area contributed by atoms with Crippen LogP contribution in [-0.2, 0) is 14.5 Å². The van der Waals surface area contributed by atoms with Crippen LogP contribution >= 0.6 is 0 Å². The summed E-state index contributed by atoms with van der Waals surface area (Å²) in [6.45, 7) is 3.60. The van der Waals surface area contributed by atoms with E-state index in [4.69, 9.17) is 9.47 Å². The molecule has 1 aliphatic heterocycles. The number of nitrogens with one attached hydrogen (secondary N) is 1. The number of alkyl halides is 3. The maximum absolute atomic E-state index is 14.5. The third-order valence-electron chi connectivity index (χ3n) is 6.53. The molecule has 2 aromatic rings. The van der Waals surface area contributed by atoms with Crippen LogP contribution in [0.1, 0.15) is 42.8 Å². The Morgan fingerprint density at radius 1 is 1.26 bits per heavy atom. The predicted molar refractivity (Wildman–Crippen MR) is 116 cm³/mol. The highest BCUT2D eigenvalue weighted by Crippen LogP contribution is 2.59. The van der Waals surface area contributed by atoms with Gasteiger partial charge in [-0.2, -0.15) is 17.6 Å². The molecular formula is C22H25F5N2O4S. The highest BCUT2D eigenvalue weighted by atomic mass is 32.2. The van der Waals surface area contributed by atoms with Crippen LogP contribution in [-0.4, -0.2) is 41.4 Å². The Kier molecular flexibility index (Phi) is 6.64. The van der Waals surface area contributed by atoms with Gasteiger partial charge in [0.25, 0.3) is 0 Å². The number of aryl methyl sites for hydroxylation is 1. The lowest BCUT2D eigenvalue weighted by molar-refractivity contribution is -0.275. The van der Waals surface area contributed by atoms with Crippen molar-refractivity contribution in [3.63, 3.8) is 0 Å². The second kappa shape index (κ2) is 8.63. The number of nitrogens with zero attached hydrogens (tertiary/aromatic N) is 1. The summed E-state index contributed by atoms with van der Waals surface area (Å²) in [4.78, 5) is 15.6. The van der Waals surface area contributed by atoms with Crippen LogP contribution in [0.4, 0.5) is 22.0 Å². The second-order valence-corrected chi connectivity index (χ2v) is 10.8. The first-order chi connectivity index (χ1) is 15.6. The van der Waals surface area contributed by atoms with Crippen LogP contribution in [0.2, 0.25) is 0 Å². The van der Waals surface area contributed by atoms with Gasteiger partial charge in [-0.3, -0.25) is 4.79 Å². The average molecular weight is 509 g/mol. The number of pyridine rings is 1. The van der Waals surface area contributed by atoms with E-state index in [9.17, 15) is 31.0 Å². The van der Waals surface area contributed by atoms with Crippen molar-refractivity contribution in [1.29, 1.82) is 0 Å². The molecule has 34 heavy (non-hydrogen) atoms. The Hall–Kier alpha value is -2.47. The first-order valence-electron chi connectivity index (χ1n) is 10.2. The minimum Gasteiger partial charge on any atom is -0.493 e. The summed E-state index contributed by atoms with van der Waals surface area (Å²) >= 11 is 0. The Bertz CT molecular complexity index is 1300. The van der Waals surface area contributed by atoms with Gasteiger partial charge in [-0.1, -0.05) is 13.0 Å². The third-order valence-corrected chi connectivity index (χ3v) is 8.49. The number of ether oxygens (including phenoxy) is 2. The van der Waals surface area contributed by atoms with Crippen LogP contribution in [0.25, 0.3) is 0 Å². The Morgan fingerprint density at radius 3 is 2.38 bits per heavy atom. The standard InChI is InChI=1S/C22H25F5N2O4S/c1-10-16(12-7-8-13(23)17(24)18(12)32-5)19(33-21(10,3)22(25,26)27)14-9-15(30)20(11(2)29-14)34(6,31)28-4/h7-10,16,19H,1-6H3,(H,29,30)/t10-,16-,19-,21+,34?/m0/s1. The monoisotopic (exact) mass is 508 g/mol. The van der Waals surface area contributed by atoms with Gasteiger partial charge in [0.05, 0.1) is 16.8 Å². The molecule has 1 aromatic heterocycles. The molecular weight excluding hydrogens is 483 g/mol. The van der Waals surface area contributed by atoms with E-state index in [1.807, 2.05) is 0 Å². The number of hydrogen-bond acceptors (Lipinski definition) is 5. The molecule has 2 heterocycles. The van der Waals surface area contributed by atoms with E-state index < -0.39 is 62.3 Å². The largest absolute Gasteiger partial charge is 0.493 e. The van der Waals surface area contributed by atoms with Crippen molar-refractivity contribution >= 4 is 9.73 Å². The molecule has 5 atom stereocenters. The first kappa shape index (κ1) is 26.1. The molecule has 1 unspecified atom stereocenters. The SMILES string of the molecule is CN=S(C)(=O)c1c(C)[nH]c([C@@H]2O[C@@](C)(C(F)(F)F)[C@@H](C)[C@H]2c2ccc(F)c(F)c2OC)cc1=O. The molecule has 1 fully saturated rings. The van der Waals surface area contributed by atoms with Crippen molar-refractivity contribution in [1.82, 2.24) is 4.98 Å². The lowest BCUT2D eigenvalue weighted by Gasteiger charge is -2.32. The molecule has 188 valence electrons. The third kappa shape index (κ3) is 4.00. The first-order valence-corrected chi connectivity index (χ1v) is 12.1. The van der Waals surface area contributed by atoms with Crippen molar-refractivity contribution in [2.24, 2.45) is 10.3 Å². The number of hydrogen-bond donors (Lipinski definition) is 1. The highest BCUT2D eigenvalue weighted by molar-refractivity contribution is 7.93. The molecule has 0 aliphatic carbocycles. The lowest BCUT2D eigenvalue weighted by atomic mass is 9.76. The molecule has 1 N–H and O–H groups in total. The Labute approximate surface area is 193 Å². The molecule has 0 radical (unpaired) electrons. The van der Waals surface area contributed by atoms with Crippen LogP contribution in [0.5, 0.6) is 5.75 Å². The van der Waals surface area contributed by atoms with Crippen molar-refractivity contribution in [3.05, 3.63) is 57.0 Å². The smallest absolute Gasteiger partial charge is 0.417 e. The van der Waals surface area contributed by atoms with Gasteiger partial charge < -0.3 is 14.5 Å². The molecule has 3 rings (SSSR count). The van der Waals surface area contributed by atoms with E-state index in [0.717, 1.165) is 32.2 Å². The van der Waals surface area contributed by atoms with Crippen molar-refractivity contribution in [3.8, 4) is 5.75 Å². The maximum atomic E-state index is 14.5. The van der Waals surface area contributed by atoms with Crippen LogP contribution in [0.3, 0.4) is 0 Å². The molecule has 0 saturated carbocycles. The van der Waals surface area contributed by atoms with Crippen LogP contribution in [0, 0.1) is 24.5 Å². The zero-order chi connectivity index (χ0) is 25.8. The number of H-pyrrole nitrogens is 1. The van der Waals surface area contributed by atoms with E-state index in [1.165, 1.54) is 27.2 Å². The van der Waals surface area contributed by atoms with Gasteiger partial charge in [0.2, 0.25) is 5.82 Å². The molecule has 1 saturated heterocycles. The fourth-order valence-electron chi connectivity index (χ4n) is 4.50. The average Bonchev–Trinajstić information content (AvgIpc) is 3.01. The molecule has 0 bridgehead atoms. The van der Waals surface area contributed by atoms with Gasteiger partial charge in [0, 0.05) is 48.2 Å². The number of aromatic nitrogens is 1. The quantitative estimate of drug-likeness (QED) is 0.598. The summed E-state index contributed by atoms with van der Waals surface area (Å²) in [7, 11) is -0.679. The van der Waals surface area contributed by atoms with Gasteiger partial charge in [0.1, 0.15) is 11.0 Å². The minimum atomic E-state index is -4.82. The van der Waals surface area contributed by atoms with E-state index in [-0.39, 0.29) is 21.8 Å². The van der Waals surface area contributed by atoms with Gasteiger partial charge in [-0.05, 0) is 19.9 Å². The highest BCUT2D eigenvalue weighted by Gasteiger charge is 2.65. The normalized spacial score (nSPS) is 26.9. The number of halogens is 5. The zero-order valence-corrected chi connectivity index (χ0v) is 20.2. The predicted octanol–water partition coefficient (Wildman–Crippen LogP) is 4.87. The van der Waals surface area contributed by atoms with Crippen molar-refractivity contribution in [2.75, 3.05) is 20.4 Å². The molecule has 0 amide bonds. The number of methoxy groups -OCH3 is 1. The van der Waals surface area contributed by atoms with Crippen LogP contribution in [0.15, 0.2) is 32.3 Å². The minimum absolute atomic E-state index is 0.0332. The van der Waals surface area contributed by atoms with E-state index >= 15 is 0 Å². The van der Waals surface area contributed by atoms with Gasteiger partial charge in [-0.25, -0.2) is 13.0 Å². The Morgan fingerprint density at radius 2 is 1.88 bits per heavy atom. The van der Waals surface area contributed by atoms with Crippen molar-refractivity contribution < 1.29 is 35.6 Å². The summed E-state index contributed by atoms with van der Waals surface area (Å²) in [6, 6.07) is 2.95. The number of rotatable bonds is 4. The van der Waals surface area contributed by atoms with Gasteiger partial charge in [0.15, 0.2) is 22.6 Å². The molecule has 0 spiro atoms. The fraction of sp³-hybridized carbons (Fsp3) is 0.500. The van der Waals surface area contributed by atoms with E-state index in [2.05, 4.69) is 9.35 Å². The van der Waals surface area contributed by atoms with Gasteiger partial charge in [-0.15, -0.1) is 0 Å². The van der Waals surface area contributed by atoms with Gasteiger partial charge >= 0.3 is 6.18 Å². The Balaban J connectivity index is 2.30. The molecule has 1 aromatic carbocycles. The van der Waals surface area contributed by atoms with Crippen LogP contribution < -0.4 is 10.2 Å². The van der Waals surface area contributed by atoms with E-state index in [1.54, 1.807) is 0 Å². The summed E-state index contributed by atoms with van der Waals surface area (Å²) in [6.07, 6.45) is -4.96. The summed E-state index contributed by atoms with van der Waals surface area (Å²) in [5, 5.41) is 0. The summed E-state index contributed by atoms with van der Waals surface area (Å²) < 4.78 is 97.7. The zero-order valence-electron chi connectivity index (χ0n) is 19.3. The lowest BCUT2D eigenvalue weighted by Crippen LogP contribution is -2.46. The topological polar surface area (TPSA) is 80.8 Å². The summed E-state index contributed by atoms with van der Waals surface area (Å²) in [5.41, 5.74) is -3.31. The molecule has 12 heteroatoms. The molecule has 1 aliphatic rings. The molecule has 6 nitrogen and oxygen atoms in total. The summed E-state index contributed by atoms with van der Waals surface area (Å²) in [5.74, 6) is -5.59. The number of benzene rings is 1. The second-order valence-electron chi connectivity index (χ2n) is 8.47. The fourth-order valence-corrected chi connectivity index (χ4v) is 5.73.